The van der Waals surface area contributed by atoms with Gasteiger partial charge in [-0.15, -0.1) is 5.10 Å². The van der Waals surface area contributed by atoms with Gasteiger partial charge in [0, 0.05) is 19.6 Å². The zero-order valence-corrected chi connectivity index (χ0v) is 10.6. The highest BCUT2D eigenvalue weighted by molar-refractivity contribution is 5.86. The molecule has 0 aromatic carbocycles. The lowest BCUT2D eigenvalue weighted by Crippen LogP contribution is -2.38. The molecule has 1 aliphatic rings. The Labute approximate surface area is 110 Å². The summed E-state index contributed by atoms with van der Waals surface area (Å²) in [6.45, 7) is 1.48. The van der Waals surface area contributed by atoms with Gasteiger partial charge in [-0.25, -0.2) is 9.48 Å². The predicted molar refractivity (Wildman–Crippen MR) is 65.3 cm³/mol. The third kappa shape index (κ3) is 2.90. The van der Waals surface area contributed by atoms with E-state index in [1.165, 1.54) is 4.68 Å². The third-order valence-electron chi connectivity index (χ3n) is 3.23. The standard InChI is InChI=1S/C11H17N5O3/c12-6-8-10(11(18)19)13-14-16(8)7-9(17)15-4-2-1-3-5-15/h1-7,12H2,(H,18,19). The van der Waals surface area contributed by atoms with Gasteiger partial charge in [0.05, 0.1) is 5.69 Å². The highest BCUT2D eigenvalue weighted by Gasteiger charge is 2.22. The van der Waals surface area contributed by atoms with Crippen molar-refractivity contribution in [2.75, 3.05) is 13.1 Å². The van der Waals surface area contributed by atoms with Crippen molar-refractivity contribution in [2.45, 2.75) is 32.4 Å². The fourth-order valence-corrected chi connectivity index (χ4v) is 2.20. The number of aromatic nitrogens is 3. The summed E-state index contributed by atoms with van der Waals surface area (Å²) in [6, 6.07) is 0. The van der Waals surface area contributed by atoms with Crippen LogP contribution in [0, 0.1) is 0 Å². The third-order valence-corrected chi connectivity index (χ3v) is 3.23. The summed E-state index contributed by atoms with van der Waals surface area (Å²) < 4.78 is 1.28. The minimum Gasteiger partial charge on any atom is -0.476 e. The van der Waals surface area contributed by atoms with Crippen LogP contribution in [0.25, 0.3) is 0 Å². The van der Waals surface area contributed by atoms with Gasteiger partial charge in [-0.1, -0.05) is 5.21 Å². The molecule has 1 amide bonds. The molecule has 0 aliphatic carbocycles. The molecule has 2 rings (SSSR count). The van der Waals surface area contributed by atoms with E-state index in [9.17, 15) is 9.59 Å². The molecule has 19 heavy (non-hydrogen) atoms. The Bertz CT molecular complexity index is 479. The highest BCUT2D eigenvalue weighted by Crippen LogP contribution is 2.10. The van der Waals surface area contributed by atoms with Crippen molar-refractivity contribution in [3.63, 3.8) is 0 Å². The van der Waals surface area contributed by atoms with Gasteiger partial charge in [-0.2, -0.15) is 0 Å². The Morgan fingerprint density at radius 2 is 1.95 bits per heavy atom. The number of hydrogen-bond acceptors (Lipinski definition) is 5. The SMILES string of the molecule is NCc1c(C(=O)O)nnn1CC(=O)N1CCCCC1. The van der Waals surface area contributed by atoms with Crippen LogP contribution in [0.2, 0.25) is 0 Å². The Morgan fingerprint density at radius 3 is 2.53 bits per heavy atom. The quantitative estimate of drug-likeness (QED) is 0.756. The fourth-order valence-electron chi connectivity index (χ4n) is 2.20. The van der Waals surface area contributed by atoms with E-state index in [1.54, 1.807) is 4.90 Å². The number of carboxylic acids is 1. The number of piperidine rings is 1. The van der Waals surface area contributed by atoms with Crippen LogP contribution in [0.4, 0.5) is 0 Å². The molecule has 1 aliphatic heterocycles. The molecule has 1 saturated heterocycles. The number of amides is 1. The minimum atomic E-state index is -1.18. The molecule has 1 aromatic rings. The fraction of sp³-hybridized carbons (Fsp3) is 0.636. The van der Waals surface area contributed by atoms with Gasteiger partial charge < -0.3 is 15.7 Å². The molecule has 104 valence electrons. The molecule has 8 nitrogen and oxygen atoms in total. The first-order valence-electron chi connectivity index (χ1n) is 6.27. The van der Waals surface area contributed by atoms with Gasteiger partial charge in [0.1, 0.15) is 6.54 Å². The van der Waals surface area contributed by atoms with Crippen LogP contribution in [0.15, 0.2) is 0 Å². The predicted octanol–water partition coefficient (Wildman–Crippen LogP) is -0.553. The molecule has 0 radical (unpaired) electrons. The molecular weight excluding hydrogens is 250 g/mol. The molecule has 0 saturated carbocycles. The lowest BCUT2D eigenvalue weighted by molar-refractivity contribution is -0.133. The monoisotopic (exact) mass is 267 g/mol. The molecule has 0 spiro atoms. The van der Waals surface area contributed by atoms with E-state index in [-0.39, 0.29) is 30.4 Å². The maximum absolute atomic E-state index is 12.1. The summed E-state index contributed by atoms with van der Waals surface area (Å²) in [6.07, 6.45) is 3.16. The van der Waals surface area contributed by atoms with Crippen LogP contribution >= 0.6 is 0 Å². The molecule has 0 atom stereocenters. The number of carboxylic acid groups (broad SMARTS) is 1. The number of nitrogens with zero attached hydrogens (tertiary/aromatic N) is 4. The zero-order valence-electron chi connectivity index (χ0n) is 10.6. The first-order valence-corrected chi connectivity index (χ1v) is 6.27. The average molecular weight is 267 g/mol. The molecule has 2 heterocycles. The van der Waals surface area contributed by atoms with Gasteiger partial charge in [0.25, 0.3) is 0 Å². The number of hydrogen-bond donors (Lipinski definition) is 2. The van der Waals surface area contributed by atoms with Crippen molar-refractivity contribution in [1.82, 2.24) is 19.9 Å². The number of rotatable bonds is 4. The Balaban J connectivity index is 2.10. The number of carbonyl (C=O) groups is 2. The number of likely N-dealkylation sites (tertiary alicyclic amines) is 1. The van der Waals surface area contributed by atoms with E-state index >= 15 is 0 Å². The van der Waals surface area contributed by atoms with Crippen LogP contribution < -0.4 is 5.73 Å². The summed E-state index contributed by atoms with van der Waals surface area (Å²) in [4.78, 5) is 24.7. The smallest absolute Gasteiger partial charge is 0.358 e. The minimum absolute atomic E-state index is 0.00713. The van der Waals surface area contributed by atoms with Crippen molar-refractivity contribution in [3.8, 4) is 0 Å². The Hall–Kier alpha value is -1.96. The second kappa shape index (κ2) is 5.79. The van der Waals surface area contributed by atoms with Gasteiger partial charge in [0.2, 0.25) is 5.91 Å². The normalized spacial score (nSPS) is 15.5. The lowest BCUT2D eigenvalue weighted by atomic mass is 10.1. The lowest BCUT2D eigenvalue weighted by Gasteiger charge is -2.26. The molecular formula is C11H17N5O3. The van der Waals surface area contributed by atoms with Crippen LogP contribution in [-0.2, 0) is 17.9 Å². The topological polar surface area (TPSA) is 114 Å². The number of carbonyl (C=O) groups excluding carboxylic acids is 1. The van der Waals surface area contributed by atoms with Crippen molar-refractivity contribution in [1.29, 1.82) is 0 Å². The summed E-state index contributed by atoms with van der Waals surface area (Å²) in [5.41, 5.74) is 5.59. The van der Waals surface area contributed by atoms with E-state index in [4.69, 9.17) is 10.8 Å². The van der Waals surface area contributed by atoms with E-state index in [0.29, 0.717) is 0 Å². The van der Waals surface area contributed by atoms with Crippen LogP contribution in [0.1, 0.15) is 35.4 Å². The van der Waals surface area contributed by atoms with Crippen LogP contribution in [0.3, 0.4) is 0 Å². The Morgan fingerprint density at radius 1 is 1.26 bits per heavy atom. The molecule has 3 N–H and O–H groups in total. The summed E-state index contributed by atoms with van der Waals surface area (Å²) >= 11 is 0. The first-order chi connectivity index (χ1) is 9.13. The second-order valence-corrected chi connectivity index (χ2v) is 4.49. The average Bonchev–Trinajstić information content (AvgIpc) is 2.82. The van der Waals surface area contributed by atoms with Gasteiger partial charge in [-0.3, -0.25) is 4.79 Å². The summed E-state index contributed by atoms with van der Waals surface area (Å²) in [5, 5.41) is 16.2. The van der Waals surface area contributed by atoms with E-state index < -0.39 is 5.97 Å². The molecule has 0 unspecified atom stereocenters. The highest BCUT2D eigenvalue weighted by atomic mass is 16.4. The first kappa shape index (κ1) is 13.5. The van der Waals surface area contributed by atoms with Gasteiger partial charge in [-0.05, 0) is 19.3 Å². The zero-order chi connectivity index (χ0) is 13.8. The van der Waals surface area contributed by atoms with E-state index in [1.807, 2.05) is 0 Å². The van der Waals surface area contributed by atoms with Crippen molar-refractivity contribution in [2.24, 2.45) is 5.73 Å². The molecule has 1 aromatic heterocycles. The largest absolute Gasteiger partial charge is 0.476 e. The van der Waals surface area contributed by atoms with E-state index in [2.05, 4.69) is 10.3 Å². The van der Waals surface area contributed by atoms with Crippen molar-refractivity contribution >= 4 is 11.9 Å². The molecule has 8 heteroatoms. The molecule has 1 fully saturated rings. The van der Waals surface area contributed by atoms with Crippen LogP contribution in [0.5, 0.6) is 0 Å². The Kier molecular flexibility index (Phi) is 4.10. The van der Waals surface area contributed by atoms with Crippen LogP contribution in [-0.4, -0.2) is 50.0 Å². The maximum atomic E-state index is 12.1. The second-order valence-electron chi connectivity index (χ2n) is 4.49. The summed E-state index contributed by atoms with van der Waals surface area (Å²) in [7, 11) is 0. The van der Waals surface area contributed by atoms with Crippen molar-refractivity contribution in [3.05, 3.63) is 11.4 Å². The molecule has 0 bridgehead atoms. The van der Waals surface area contributed by atoms with Gasteiger partial charge in [0.15, 0.2) is 5.69 Å². The maximum Gasteiger partial charge on any atom is 0.358 e. The number of aromatic carboxylic acids is 1. The number of nitrogens with two attached hydrogens (primary N) is 1. The van der Waals surface area contributed by atoms with Gasteiger partial charge >= 0.3 is 5.97 Å². The van der Waals surface area contributed by atoms with Crippen molar-refractivity contribution < 1.29 is 14.7 Å². The van der Waals surface area contributed by atoms with E-state index in [0.717, 1.165) is 32.4 Å². The summed E-state index contributed by atoms with van der Waals surface area (Å²) in [5.74, 6) is -1.26.